The van der Waals surface area contributed by atoms with E-state index < -0.39 is 27.8 Å². The van der Waals surface area contributed by atoms with Crippen LogP contribution in [0.25, 0.3) is 0 Å². The maximum absolute atomic E-state index is 13.1. The standard InChI is InChI=1S/C19H23FN2O4S/c1-14-4-10-18(11-5-14)26-13-12-21-19(23)15(2)22(27(3,24)25)17-8-6-16(20)7-9-17/h4-11,15H,12-13H2,1-3H3,(H,21,23). The smallest absolute Gasteiger partial charge is 0.243 e. The minimum absolute atomic E-state index is 0.220. The van der Waals surface area contributed by atoms with Crippen molar-refractivity contribution in [3.05, 3.63) is 59.9 Å². The number of aryl methyl sites for hydroxylation is 1. The average molecular weight is 394 g/mol. The first kappa shape index (κ1) is 20.7. The minimum Gasteiger partial charge on any atom is -0.492 e. The van der Waals surface area contributed by atoms with Crippen LogP contribution in [0.1, 0.15) is 12.5 Å². The molecule has 0 fully saturated rings. The van der Waals surface area contributed by atoms with Crippen molar-refractivity contribution in [3.63, 3.8) is 0 Å². The number of nitrogens with one attached hydrogen (secondary N) is 1. The molecule has 2 rings (SSSR count). The van der Waals surface area contributed by atoms with Crippen LogP contribution in [0.2, 0.25) is 0 Å². The first-order valence-electron chi connectivity index (χ1n) is 8.40. The van der Waals surface area contributed by atoms with E-state index >= 15 is 0 Å². The molecule has 2 aromatic rings. The van der Waals surface area contributed by atoms with E-state index in [1.165, 1.54) is 19.1 Å². The predicted octanol–water partition coefficient (Wildman–Crippen LogP) is 2.48. The highest BCUT2D eigenvalue weighted by Gasteiger charge is 2.28. The summed E-state index contributed by atoms with van der Waals surface area (Å²) in [6.45, 7) is 3.91. The fraction of sp³-hybridized carbons (Fsp3) is 0.316. The van der Waals surface area contributed by atoms with Gasteiger partial charge in [-0.3, -0.25) is 9.10 Å². The van der Waals surface area contributed by atoms with E-state index in [1.54, 1.807) is 0 Å². The van der Waals surface area contributed by atoms with Crippen molar-refractivity contribution in [1.82, 2.24) is 5.32 Å². The number of hydrogen-bond acceptors (Lipinski definition) is 4. The van der Waals surface area contributed by atoms with Gasteiger partial charge in [-0.1, -0.05) is 17.7 Å². The van der Waals surface area contributed by atoms with Gasteiger partial charge < -0.3 is 10.1 Å². The van der Waals surface area contributed by atoms with Crippen LogP contribution in [-0.2, 0) is 14.8 Å². The van der Waals surface area contributed by atoms with Crippen molar-refractivity contribution in [2.45, 2.75) is 19.9 Å². The Bertz CT molecular complexity index is 868. The van der Waals surface area contributed by atoms with Gasteiger partial charge in [0.2, 0.25) is 15.9 Å². The zero-order chi connectivity index (χ0) is 20.0. The van der Waals surface area contributed by atoms with Gasteiger partial charge in [-0.05, 0) is 50.2 Å². The molecule has 0 bridgehead atoms. The largest absolute Gasteiger partial charge is 0.492 e. The van der Waals surface area contributed by atoms with Crippen LogP contribution in [0.3, 0.4) is 0 Å². The van der Waals surface area contributed by atoms with Crippen LogP contribution in [0.15, 0.2) is 48.5 Å². The van der Waals surface area contributed by atoms with Gasteiger partial charge in [-0.2, -0.15) is 0 Å². The van der Waals surface area contributed by atoms with E-state index in [0.717, 1.165) is 28.3 Å². The van der Waals surface area contributed by atoms with Gasteiger partial charge in [0.05, 0.1) is 18.5 Å². The maximum Gasteiger partial charge on any atom is 0.243 e. The fourth-order valence-corrected chi connectivity index (χ4v) is 3.70. The van der Waals surface area contributed by atoms with Crippen LogP contribution < -0.4 is 14.4 Å². The summed E-state index contributed by atoms with van der Waals surface area (Å²) in [6, 6.07) is 11.4. The number of rotatable bonds is 8. The van der Waals surface area contributed by atoms with Crippen LogP contribution in [0.4, 0.5) is 10.1 Å². The Morgan fingerprint density at radius 2 is 1.74 bits per heavy atom. The second-order valence-electron chi connectivity index (χ2n) is 6.16. The molecule has 1 unspecified atom stereocenters. The monoisotopic (exact) mass is 394 g/mol. The quantitative estimate of drug-likeness (QED) is 0.698. The number of benzene rings is 2. The molecule has 146 valence electrons. The molecule has 6 nitrogen and oxygen atoms in total. The number of carbonyl (C=O) groups is 1. The molecule has 1 N–H and O–H groups in total. The number of sulfonamides is 1. The van der Waals surface area contributed by atoms with E-state index in [1.807, 2.05) is 31.2 Å². The molecule has 0 radical (unpaired) electrons. The topological polar surface area (TPSA) is 75.7 Å². The highest BCUT2D eigenvalue weighted by Crippen LogP contribution is 2.21. The van der Waals surface area contributed by atoms with Crippen LogP contribution >= 0.6 is 0 Å². The van der Waals surface area contributed by atoms with Crippen molar-refractivity contribution in [2.75, 3.05) is 23.7 Å². The van der Waals surface area contributed by atoms with E-state index in [-0.39, 0.29) is 18.8 Å². The van der Waals surface area contributed by atoms with E-state index in [0.29, 0.717) is 5.75 Å². The number of hydrogen-bond donors (Lipinski definition) is 1. The number of anilines is 1. The minimum atomic E-state index is -3.73. The van der Waals surface area contributed by atoms with Gasteiger partial charge >= 0.3 is 0 Å². The molecule has 0 aliphatic rings. The van der Waals surface area contributed by atoms with Crippen LogP contribution in [0, 0.1) is 12.7 Å². The molecule has 0 heterocycles. The summed E-state index contributed by atoms with van der Waals surface area (Å²) in [5.41, 5.74) is 1.34. The molecule has 8 heteroatoms. The Labute approximate surface area is 159 Å². The lowest BCUT2D eigenvalue weighted by Gasteiger charge is -2.28. The zero-order valence-electron chi connectivity index (χ0n) is 15.5. The summed E-state index contributed by atoms with van der Waals surface area (Å²) in [5, 5.41) is 2.65. The lowest BCUT2D eigenvalue weighted by atomic mass is 10.2. The summed E-state index contributed by atoms with van der Waals surface area (Å²) in [4.78, 5) is 12.4. The highest BCUT2D eigenvalue weighted by atomic mass is 32.2. The van der Waals surface area contributed by atoms with E-state index in [2.05, 4.69) is 5.32 Å². The average Bonchev–Trinajstić information content (AvgIpc) is 2.60. The number of ether oxygens (including phenoxy) is 1. The summed E-state index contributed by atoms with van der Waals surface area (Å²) in [6.07, 6.45) is 1.00. The normalized spacial score (nSPS) is 12.3. The van der Waals surface area contributed by atoms with Gasteiger partial charge in [-0.15, -0.1) is 0 Å². The van der Waals surface area contributed by atoms with Crippen molar-refractivity contribution >= 4 is 21.6 Å². The molecule has 1 amide bonds. The SMILES string of the molecule is Cc1ccc(OCCNC(=O)C(C)N(c2ccc(F)cc2)S(C)(=O)=O)cc1. The van der Waals surface area contributed by atoms with Crippen molar-refractivity contribution in [3.8, 4) is 5.75 Å². The highest BCUT2D eigenvalue weighted by molar-refractivity contribution is 7.92. The maximum atomic E-state index is 13.1. The summed E-state index contributed by atoms with van der Waals surface area (Å²) >= 11 is 0. The summed E-state index contributed by atoms with van der Waals surface area (Å²) < 4.78 is 43.9. The third-order valence-corrected chi connectivity index (χ3v) is 5.10. The third-order valence-electron chi connectivity index (χ3n) is 3.86. The summed E-state index contributed by atoms with van der Waals surface area (Å²) in [7, 11) is -3.73. The molecular weight excluding hydrogens is 371 g/mol. The molecule has 0 saturated carbocycles. The molecule has 0 aliphatic carbocycles. The van der Waals surface area contributed by atoms with E-state index in [4.69, 9.17) is 4.74 Å². The first-order chi connectivity index (χ1) is 12.7. The number of amides is 1. The molecule has 0 saturated heterocycles. The van der Waals surface area contributed by atoms with Gasteiger partial charge in [0.15, 0.2) is 0 Å². The zero-order valence-corrected chi connectivity index (χ0v) is 16.3. The van der Waals surface area contributed by atoms with Crippen molar-refractivity contribution in [2.24, 2.45) is 0 Å². The van der Waals surface area contributed by atoms with Crippen molar-refractivity contribution in [1.29, 1.82) is 0 Å². The third kappa shape index (κ3) is 5.96. The molecule has 0 aliphatic heterocycles. The van der Waals surface area contributed by atoms with Gasteiger partial charge in [-0.25, -0.2) is 12.8 Å². The molecule has 27 heavy (non-hydrogen) atoms. The lowest BCUT2D eigenvalue weighted by molar-refractivity contribution is -0.121. The second kappa shape index (κ2) is 8.85. The lowest BCUT2D eigenvalue weighted by Crippen LogP contribution is -2.48. The van der Waals surface area contributed by atoms with Crippen LogP contribution in [0.5, 0.6) is 5.75 Å². The molecule has 0 aromatic heterocycles. The second-order valence-corrected chi connectivity index (χ2v) is 8.02. The van der Waals surface area contributed by atoms with Gasteiger partial charge in [0.25, 0.3) is 0 Å². The predicted molar refractivity (Wildman–Crippen MR) is 103 cm³/mol. The first-order valence-corrected chi connectivity index (χ1v) is 10.3. The molecule has 2 aromatic carbocycles. The molecular formula is C19H23FN2O4S. The number of nitrogens with zero attached hydrogens (tertiary/aromatic N) is 1. The molecule has 1 atom stereocenters. The van der Waals surface area contributed by atoms with Crippen molar-refractivity contribution < 1.29 is 22.3 Å². The van der Waals surface area contributed by atoms with Gasteiger partial charge in [0.1, 0.15) is 24.2 Å². The number of carbonyl (C=O) groups excluding carboxylic acids is 1. The Balaban J connectivity index is 1.96. The molecule has 0 spiro atoms. The van der Waals surface area contributed by atoms with Crippen LogP contribution in [-0.4, -0.2) is 39.8 Å². The van der Waals surface area contributed by atoms with E-state index in [9.17, 15) is 17.6 Å². The fourth-order valence-electron chi connectivity index (χ4n) is 2.52. The summed E-state index contributed by atoms with van der Waals surface area (Å²) in [5.74, 6) is -0.276. The Kier molecular flexibility index (Phi) is 6.79. The Hall–Kier alpha value is -2.61. The Morgan fingerprint density at radius 1 is 1.15 bits per heavy atom. The van der Waals surface area contributed by atoms with Gasteiger partial charge in [0, 0.05) is 0 Å². The Morgan fingerprint density at radius 3 is 2.30 bits per heavy atom. The number of halogens is 1.